The average Bonchev–Trinajstić information content (AvgIpc) is 2.60. The number of hydrogen-bond acceptors (Lipinski definition) is 4. The highest BCUT2D eigenvalue weighted by molar-refractivity contribution is 7.85. The highest BCUT2D eigenvalue weighted by Gasteiger charge is 2.19. The van der Waals surface area contributed by atoms with Crippen LogP contribution in [0.2, 0.25) is 0 Å². The van der Waals surface area contributed by atoms with Crippen molar-refractivity contribution in [3.63, 3.8) is 0 Å². The molecule has 0 saturated heterocycles. The van der Waals surface area contributed by atoms with E-state index in [-0.39, 0.29) is 11.8 Å². The summed E-state index contributed by atoms with van der Waals surface area (Å²) in [6.07, 6.45) is 5.63. The van der Waals surface area contributed by atoms with E-state index in [0.29, 0.717) is 25.2 Å². The van der Waals surface area contributed by atoms with Crippen LogP contribution in [0.25, 0.3) is 0 Å². The van der Waals surface area contributed by atoms with E-state index in [1.807, 2.05) is 31.1 Å². The Morgan fingerprint density at radius 2 is 1.56 bits per heavy atom. The van der Waals surface area contributed by atoms with Gasteiger partial charge in [0.1, 0.15) is 0 Å². The lowest BCUT2D eigenvalue weighted by Crippen LogP contribution is -2.30. The van der Waals surface area contributed by atoms with Gasteiger partial charge in [0.05, 0.1) is 11.9 Å². The van der Waals surface area contributed by atoms with E-state index in [1.54, 1.807) is 0 Å². The van der Waals surface area contributed by atoms with Crippen molar-refractivity contribution in [3.05, 3.63) is 35.4 Å². The van der Waals surface area contributed by atoms with Crippen LogP contribution in [0.15, 0.2) is 24.3 Å². The molecule has 0 aliphatic carbocycles. The average molecular weight is 400 g/mol. The third kappa shape index (κ3) is 9.19. The molecule has 2 N–H and O–H groups in total. The summed E-state index contributed by atoms with van der Waals surface area (Å²) in [5, 5.41) is 10.7. The Balaban J connectivity index is 2.75. The summed E-state index contributed by atoms with van der Waals surface area (Å²) in [6.45, 7) is 4.41. The maximum absolute atomic E-state index is 11.0. The number of aliphatic hydroxyl groups is 1. The molecule has 2 unspecified atom stereocenters. The predicted octanol–water partition coefficient (Wildman–Crippen LogP) is 4.39. The van der Waals surface area contributed by atoms with Crippen molar-refractivity contribution >= 4 is 10.1 Å². The van der Waals surface area contributed by atoms with E-state index in [4.69, 9.17) is 4.55 Å². The lowest BCUT2D eigenvalue weighted by atomic mass is 9.88. The molecular weight excluding hydrogens is 362 g/mol. The van der Waals surface area contributed by atoms with Crippen LogP contribution in [0, 0.1) is 0 Å². The maximum atomic E-state index is 11.0. The molecule has 0 spiro atoms. The van der Waals surface area contributed by atoms with Gasteiger partial charge in [0.2, 0.25) is 0 Å². The minimum Gasteiger partial charge on any atom is -0.388 e. The van der Waals surface area contributed by atoms with Crippen LogP contribution in [-0.2, 0) is 10.1 Å². The molecule has 0 heterocycles. The van der Waals surface area contributed by atoms with Crippen molar-refractivity contribution in [2.24, 2.45) is 0 Å². The molecule has 0 aliphatic rings. The quantitative estimate of drug-likeness (QED) is 0.481. The second-order valence-corrected chi connectivity index (χ2v) is 9.30. The zero-order valence-electron chi connectivity index (χ0n) is 17.3. The summed E-state index contributed by atoms with van der Waals surface area (Å²) in [5.74, 6) is 0.286. The first kappa shape index (κ1) is 24.1. The van der Waals surface area contributed by atoms with Gasteiger partial charge in [-0.1, -0.05) is 51.0 Å². The van der Waals surface area contributed by atoms with E-state index in [0.717, 1.165) is 31.2 Å². The molecule has 2 atom stereocenters. The topological polar surface area (TPSA) is 77.8 Å². The van der Waals surface area contributed by atoms with Gasteiger partial charge >= 0.3 is 0 Å². The first-order chi connectivity index (χ1) is 12.7. The number of rotatable bonds is 13. The van der Waals surface area contributed by atoms with Crippen molar-refractivity contribution in [1.82, 2.24) is 4.90 Å². The zero-order valence-corrected chi connectivity index (χ0v) is 18.1. The van der Waals surface area contributed by atoms with Crippen molar-refractivity contribution < 1.29 is 18.1 Å². The van der Waals surface area contributed by atoms with Crippen LogP contribution in [-0.4, -0.2) is 48.9 Å². The lowest BCUT2D eigenvalue weighted by Gasteiger charge is -2.25. The fourth-order valence-electron chi connectivity index (χ4n) is 3.66. The molecule has 0 aromatic heterocycles. The van der Waals surface area contributed by atoms with Crippen molar-refractivity contribution in [2.45, 2.75) is 76.9 Å². The van der Waals surface area contributed by atoms with Gasteiger partial charge in [-0.25, -0.2) is 0 Å². The third-order valence-electron chi connectivity index (χ3n) is 5.25. The normalized spacial score (nSPS) is 14.7. The van der Waals surface area contributed by atoms with Gasteiger partial charge < -0.3 is 10.0 Å². The van der Waals surface area contributed by atoms with Crippen molar-refractivity contribution in [3.8, 4) is 0 Å². The number of aliphatic hydroxyl groups excluding tert-OH is 1. The molecule has 6 heteroatoms. The fraction of sp³-hybridized carbons (Fsp3) is 0.714. The van der Waals surface area contributed by atoms with E-state index < -0.39 is 16.2 Å². The van der Waals surface area contributed by atoms with E-state index in [1.165, 1.54) is 5.56 Å². The van der Waals surface area contributed by atoms with Crippen molar-refractivity contribution in [1.29, 1.82) is 0 Å². The van der Waals surface area contributed by atoms with Gasteiger partial charge in [-0.15, -0.1) is 0 Å². The summed E-state index contributed by atoms with van der Waals surface area (Å²) in [5.41, 5.74) is 2.22. The number of nitrogens with zero attached hydrogens (tertiary/aromatic N) is 1. The lowest BCUT2D eigenvalue weighted by molar-refractivity contribution is 0.146. The van der Waals surface area contributed by atoms with Crippen LogP contribution in [0.3, 0.4) is 0 Å². The molecule has 0 amide bonds. The van der Waals surface area contributed by atoms with Gasteiger partial charge in [-0.2, -0.15) is 8.42 Å². The molecular formula is C21H37NO4S. The van der Waals surface area contributed by atoms with Crippen LogP contribution in [0.4, 0.5) is 0 Å². The molecule has 1 aromatic rings. The van der Waals surface area contributed by atoms with Crippen LogP contribution >= 0.6 is 0 Å². The van der Waals surface area contributed by atoms with Gasteiger partial charge in [0, 0.05) is 6.04 Å². The minimum absolute atomic E-state index is 0.00214. The standard InChI is InChI=1S/C21H37NO4S/c1-5-8-17(9-6-2)18-10-7-11-19(16-18)21(23)13-12-20(22(3)4)14-15-27(24,25)26/h7,10-11,16-17,20-21,23H,5-6,8-9,12-15H2,1-4H3,(H,24,25,26). The predicted molar refractivity (Wildman–Crippen MR) is 112 cm³/mol. The van der Waals surface area contributed by atoms with Gasteiger partial charge in [0.25, 0.3) is 10.1 Å². The summed E-state index contributed by atoms with van der Waals surface area (Å²) < 4.78 is 31.0. The molecule has 1 rings (SSSR count). The van der Waals surface area contributed by atoms with E-state index >= 15 is 0 Å². The Morgan fingerprint density at radius 3 is 2.07 bits per heavy atom. The summed E-state index contributed by atoms with van der Waals surface area (Å²) in [4.78, 5) is 1.95. The fourth-order valence-corrected chi connectivity index (χ4v) is 4.23. The monoisotopic (exact) mass is 399 g/mol. The van der Waals surface area contributed by atoms with Crippen molar-refractivity contribution in [2.75, 3.05) is 19.8 Å². The smallest absolute Gasteiger partial charge is 0.264 e. The Kier molecular flexibility index (Phi) is 10.5. The summed E-state index contributed by atoms with van der Waals surface area (Å²) in [7, 11) is -0.178. The minimum atomic E-state index is -3.96. The first-order valence-corrected chi connectivity index (χ1v) is 11.7. The van der Waals surface area contributed by atoms with Gasteiger partial charge in [-0.3, -0.25) is 4.55 Å². The molecule has 0 aliphatic heterocycles. The number of hydrogen-bond donors (Lipinski definition) is 2. The maximum Gasteiger partial charge on any atom is 0.264 e. The molecule has 1 aromatic carbocycles. The second kappa shape index (κ2) is 11.8. The molecule has 27 heavy (non-hydrogen) atoms. The molecule has 0 fully saturated rings. The molecule has 5 nitrogen and oxygen atoms in total. The first-order valence-electron chi connectivity index (χ1n) is 10.1. The SMILES string of the molecule is CCCC(CCC)c1cccc(C(O)CCC(CCS(=O)(=O)O)N(C)C)c1. The Morgan fingerprint density at radius 1 is 0.963 bits per heavy atom. The molecule has 0 radical (unpaired) electrons. The van der Waals surface area contributed by atoms with Crippen LogP contribution < -0.4 is 0 Å². The number of benzene rings is 1. The molecule has 156 valence electrons. The summed E-state index contributed by atoms with van der Waals surface area (Å²) >= 11 is 0. The van der Waals surface area contributed by atoms with Gasteiger partial charge in [-0.05, 0) is 63.2 Å². The Bertz CT molecular complexity index is 639. The zero-order chi connectivity index (χ0) is 20.4. The van der Waals surface area contributed by atoms with Crippen LogP contribution in [0.1, 0.15) is 81.9 Å². The molecule has 0 saturated carbocycles. The van der Waals surface area contributed by atoms with E-state index in [2.05, 4.69) is 26.0 Å². The third-order valence-corrected chi connectivity index (χ3v) is 6.01. The molecule has 0 bridgehead atoms. The van der Waals surface area contributed by atoms with Crippen LogP contribution in [0.5, 0.6) is 0 Å². The Hall–Kier alpha value is -0.950. The highest BCUT2D eigenvalue weighted by Crippen LogP contribution is 2.29. The largest absolute Gasteiger partial charge is 0.388 e. The Labute approximate surface area is 165 Å². The van der Waals surface area contributed by atoms with E-state index in [9.17, 15) is 13.5 Å². The highest BCUT2D eigenvalue weighted by atomic mass is 32.2. The summed E-state index contributed by atoms with van der Waals surface area (Å²) in [6, 6.07) is 8.27. The van der Waals surface area contributed by atoms with Gasteiger partial charge in [0.15, 0.2) is 0 Å². The second-order valence-electron chi connectivity index (χ2n) is 7.73.